The number of carbonyl (C=O) groups excluding carboxylic acids is 3. The molecule has 4 heteroatoms. The molecule has 0 fully saturated rings. The van der Waals surface area contributed by atoms with Gasteiger partial charge in [-0.25, -0.2) is 0 Å². The Kier molecular flexibility index (Phi) is 3.42. The van der Waals surface area contributed by atoms with Gasteiger partial charge in [0.15, 0.2) is 11.5 Å². The molecule has 1 rings (SSSR count). The van der Waals surface area contributed by atoms with E-state index in [2.05, 4.69) is 0 Å². The van der Waals surface area contributed by atoms with E-state index in [1.807, 2.05) is 13.8 Å². The van der Waals surface area contributed by atoms with Crippen LogP contribution in [0.1, 0.15) is 27.7 Å². The second-order valence-corrected chi connectivity index (χ2v) is 4.00. The molecule has 1 aliphatic rings. The number of rotatable bonds is 2. The molecule has 0 radical (unpaired) electrons. The molecule has 0 bridgehead atoms. The number of hydrogen-bond acceptors (Lipinski definition) is 4. The van der Waals surface area contributed by atoms with E-state index >= 15 is 0 Å². The van der Waals surface area contributed by atoms with Crippen LogP contribution in [-0.4, -0.2) is 17.5 Å². The van der Waals surface area contributed by atoms with Crippen LogP contribution in [0, 0.1) is 5.92 Å². The average molecular weight is 222 g/mol. The average Bonchev–Trinajstić information content (AvgIpc) is 2.17. The van der Waals surface area contributed by atoms with Crippen molar-refractivity contribution >= 4 is 17.5 Å². The summed E-state index contributed by atoms with van der Waals surface area (Å²) in [6, 6.07) is 0. The van der Waals surface area contributed by atoms with Gasteiger partial charge in [-0.15, -0.1) is 0 Å². The molecule has 0 spiro atoms. The van der Waals surface area contributed by atoms with E-state index in [0.29, 0.717) is 5.57 Å². The normalized spacial score (nSPS) is 16.7. The number of ketones is 2. The van der Waals surface area contributed by atoms with Gasteiger partial charge >= 0.3 is 5.97 Å². The maximum atomic E-state index is 11.9. The lowest BCUT2D eigenvalue weighted by Gasteiger charge is -2.18. The van der Waals surface area contributed by atoms with Gasteiger partial charge in [-0.2, -0.15) is 0 Å². The molecule has 0 saturated heterocycles. The first kappa shape index (κ1) is 12.4. The van der Waals surface area contributed by atoms with Crippen molar-refractivity contribution in [1.82, 2.24) is 0 Å². The van der Waals surface area contributed by atoms with Crippen molar-refractivity contribution in [2.24, 2.45) is 5.92 Å². The second-order valence-electron chi connectivity index (χ2n) is 4.00. The van der Waals surface area contributed by atoms with Crippen LogP contribution in [0.3, 0.4) is 0 Å². The van der Waals surface area contributed by atoms with E-state index in [4.69, 9.17) is 4.74 Å². The Balaban J connectivity index is 3.16. The third-order valence-corrected chi connectivity index (χ3v) is 2.33. The highest BCUT2D eigenvalue weighted by Gasteiger charge is 2.29. The van der Waals surface area contributed by atoms with E-state index in [-0.39, 0.29) is 28.8 Å². The van der Waals surface area contributed by atoms with Crippen molar-refractivity contribution in [1.29, 1.82) is 0 Å². The minimum atomic E-state index is -0.597. The SMILES string of the molecule is CC(=O)OC1=C(C)C(=O)C=C(C(C)C)C1=O. The molecule has 0 unspecified atom stereocenters. The summed E-state index contributed by atoms with van der Waals surface area (Å²) in [7, 11) is 0. The Morgan fingerprint density at radius 3 is 2.31 bits per heavy atom. The van der Waals surface area contributed by atoms with Gasteiger partial charge < -0.3 is 4.74 Å². The van der Waals surface area contributed by atoms with Gasteiger partial charge in [-0.05, 0) is 18.9 Å². The predicted octanol–water partition coefficient (Wildman–Crippen LogP) is 1.56. The summed E-state index contributed by atoms with van der Waals surface area (Å²) >= 11 is 0. The second kappa shape index (κ2) is 4.43. The summed E-state index contributed by atoms with van der Waals surface area (Å²) in [6.45, 7) is 6.30. The zero-order valence-electron chi connectivity index (χ0n) is 9.79. The van der Waals surface area contributed by atoms with Crippen molar-refractivity contribution in [3.05, 3.63) is 23.0 Å². The predicted molar refractivity (Wildman–Crippen MR) is 57.4 cm³/mol. The van der Waals surface area contributed by atoms with Crippen molar-refractivity contribution < 1.29 is 19.1 Å². The summed E-state index contributed by atoms with van der Waals surface area (Å²) in [5.74, 6) is -1.46. The fourth-order valence-corrected chi connectivity index (χ4v) is 1.42. The Morgan fingerprint density at radius 1 is 1.31 bits per heavy atom. The lowest BCUT2D eigenvalue weighted by molar-refractivity contribution is -0.140. The molecule has 0 atom stereocenters. The quantitative estimate of drug-likeness (QED) is 0.525. The molecule has 16 heavy (non-hydrogen) atoms. The third kappa shape index (κ3) is 2.27. The summed E-state index contributed by atoms with van der Waals surface area (Å²) < 4.78 is 4.80. The zero-order valence-corrected chi connectivity index (χ0v) is 9.79. The van der Waals surface area contributed by atoms with Crippen LogP contribution in [0.25, 0.3) is 0 Å². The smallest absolute Gasteiger partial charge is 0.308 e. The first-order valence-corrected chi connectivity index (χ1v) is 5.04. The monoisotopic (exact) mass is 222 g/mol. The van der Waals surface area contributed by atoms with Crippen LogP contribution in [0.15, 0.2) is 23.0 Å². The van der Waals surface area contributed by atoms with Gasteiger partial charge in [-0.3, -0.25) is 14.4 Å². The van der Waals surface area contributed by atoms with E-state index in [1.165, 1.54) is 19.9 Å². The van der Waals surface area contributed by atoms with E-state index in [1.54, 1.807) is 0 Å². The molecule has 0 amide bonds. The number of allylic oxidation sites excluding steroid dienone is 3. The number of ether oxygens (including phenoxy) is 1. The van der Waals surface area contributed by atoms with Gasteiger partial charge in [0.25, 0.3) is 0 Å². The molecule has 0 aliphatic heterocycles. The molecule has 0 heterocycles. The highest BCUT2D eigenvalue weighted by Crippen LogP contribution is 2.24. The number of esters is 1. The van der Waals surface area contributed by atoms with Gasteiger partial charge in [0.2, 0.25) is 5.78 Å². The Morgan fingerprint density at radius 2 is 1.88 bits per heavy atom. The Bertz CT molecular complexity index is 424. The topological polar surface area (TPSA) is 60.4 Å². The fraction of sp³-hybridized carbons (Fsp3) is 0.417. The van der Waals surface area contributed by atoms with E-state index in [9.17, 15) is 14.4 Å². The molecule has 4 nitrogen and oxygen atoms in total. The van der Waals surface area contributed by atoms with Crippen LogP contribution >= 0.6 is 0 Å². The highest BCUT2D eigenvalue weighted by atomic mass is 16.5. The highest BCUT2D eigenvalue weighted by molar-refractivity contribution is 6.22. The van der Waals surface area contributed by atoms with Gasteiger partial charge in [0.05, 0.1) is 0 Å². The summed E-state index contributed by atoms with van der Waals surface area (Å²) in [4.78, 5) is 34.3. The Labute approximate surface area is 94.0 Å². The molecular formula is C12H14O4. The van der Waals surface area contributed by atoms with Crippen LogP contribution in [0.2, 0.25) is 0 Å². The maximum Gasteiger partial charge on any atom is 0.308 e. The minimum absolute atomic E-state index is 0.0740. The lowest BCUT2D eigenvalue weighted by atomic mass is 9.89. The first-order valence-electron chi connectivity index (χ1n) is 5.04. The van der Waals surface area contributed by atoms with Crippen molar-refractivity contribution in [2.75, 3.05) is 0 Å². The largest absolute Gasteiger partial charge is 0.422 e. The van der Waals surface area contributed by atoms with Crippen LogP contribution in [0.5, 0.6) is 0 Å². The summed E-state index contributed by atoms with van der Waals surface area (Å²) in [5.41, 5.74) is 0.566. The molecule has 86 valence electrons. The minimum Gasteiger partial charge on any atom is -0.422 e. The van der Waals surface area contributed by atoms with Gasteiger partial charge in [0, 0.05) is 18.1 Å². The zero-order chi connectivity index (χ0) is 12.5. The lowest BCUT2D eigenvalue weighted by Crippen LogP contribution is -2.23. The molecule has 0 saturated carbocycles. The van der Waals surface area contributed by atoms with Gasteiger partial charge in [-0.1, -0.05) is 13.8 Å². The van der Waals surface area contributed by atoms with Crippen LogP contribution < -0.4 is 0 Å². The van der Waals surface area contributed by atoms with Gasteiger partial charge in [0.1, 0.15) is 0 Å². The van der Waals surface area contributed by atoms with Crippen LogP contribution in [0.4, 0.5) is 0 Å². The number of Topliss-reactive ketones (excluding diaryl/α,β-unsaturated/α-hetero) is 1. The number of hydrogen-bond donors (Lipinski definition) is 0. The van der Waals surface area contributed by atoms with Crippen LogP contribution in [-0.2, 0) is 19.1 Å². The summed E-state index contributed by atoms with van der Waals surface area (Å²) in [5, 5.41) is 0. The molecule has 0 aromatic heterocycles. The first-order chi connectivity index (χ1) is 7.34. The molecular weight excluding hydrogens is 208 g/mol. The van der Waals surface area contributed by atoms with E-state index < -0.39 is 5.97 Å². The van der Waals surface area contributed by atoms with Crippen molar-refractivity contribution in [3.63, 3.8) is 0 Å². The Hall–Kier alpha value is -1.71. The maximum absolute atomic E-state index is 11.9. The molecule has 0 aromatic rings. The molecule has 0 N–H and O–H groups in total. The van der Waals surface area contributed by atoms with E-state index in [0.717, 1.165) is 0 Å². The molecule has 1 aliphatic carbocycles. The van der Waals surface area contributed by atoms with Crippen molar-refractivity contribution in [2.45, 2.75) is 27.7 Å². The number of carbonyl (C=O) groups is 3. The third-order valence-electron chi connectivity index (χ3n) is 2.33. The fourth-order valence-electron chi connectivity index (χ4n) is 1.42. The standard InChI is InChI=1S/C12H14O4/c1-6(2)9-5-10(14)7(3)12(11(9)15)16-8(4)13/h5-6H,1-4H3. The molecule has 0 aromatic carbocycles. The summed E-state index contributed by atoms with van der Waals surface area (Å²) in [6.07, 6.45) is 1.31. The van der Waals surface area contributed by atoms with Crippen molar-refractivity contribution in [3.8, 4) is 0 Å².